The fourth-order valence-electron chi connectivity index (χ4n) is 5.25. The first-order valence-corrected chi connectivity index (χ1v) is 12.1. The van der Waals surface area contributed by atoms with Crippen molar-refractivity contribution in [1.82, 2.24) is 15.3 Å². The fraction of sp³-hybridized carbons (Fsp3) is 0.680. The molecular weight excluding hydrogens is 370 g/mol. The highest BCUT2D eigenvalue weighted by Gasteiger charge is 2.22. The van der Waals surface area contributed by atoms with Crippen LogP contribution in [0, 0.1) is 11.8 Å². The van der Waals surface area contributed by atoms with E-state index >= 15 is 0 Å². The molecule has 0 spiro atoms. The highest BCUT2D eigenvalue weighted by atomic mass is 15.2. The average Bonchev–Trinajstić information content (AvgIpc) is 2.78. The van der Waals surface area contributed by atoms with Crippen LogP contribution < -0.4 is 15.5 Å². The maximum Gasteiger partial charge on any atom is 0.225 e. The summed E-state index contributed by atoms with van der Waals surface area (Å²) in [5, 5.41) is 8.49. The minimum Gasteiger partial charge on any atom is -0.362 e. The molecule has 1 aromatic carbocycles. The van der Waals surface area contributed by atoms with E-state index in [1.807, 2.05) is 20.2 Å². The number of hydrogen-bond donors (Lipinski definition) is 2. The minimum atomic E-state index is 0.486. The van der Waals surface area contributed by atoms with Crippen LogP contribution >= 0.6 is 0 Å². The summed E-state index contributed by atoms with van der Waals surface area (Å²) in [6.07, 6.45) is 13.7. The maximum atomic E-state index is 4.81. The number of rotatable bonds is 8. The molecule has 2 N–H and O–H groups in total. The first kappa shape index (κ1) is 21.4. The number of para-hydroxylation sites is 1. The first-order valence-electron chi connectivity index (χ1n) is 12.1. The Morgan fingerprint density at radius 3 is 2.43 bits per heavy atom. The summed E-state index contributed by atoms with van der Waals surface area (Å²) < 4.78 is 0. The van der Waals surface area contributed by atoms with Crippen LogP contribution in [0.15, 0.2) is 24.3 Å². The Morgan fingerprint density at radius 1 is 0.900 bits per heavy atom. The van der Waals surface area contributed by atoms with Crippen LogP contribution in [0.4, 0.5) is 11.8 Å². The number of nitrogens with one attached hydrogen (secondary N) is 2. The summed E-state index contributed by atoms with van der Waals surface area (Å²) in [5.74, 6) is 3.56. The number of nitrogens with zero attached hydrogens (tertiary/aromatic N) is 3. The molecule has 2 aliphatic rings. The van der Waals surface area contributed by atoms with Crippen molar-refractivity contribution in [2.45, 2.75) is 70.3 Å². The SMILES string of the molecule is CN(C)c1nc(NC2CCC(CNCCC3CCCCC3)CC2)nc2ccccc12. The predicted octanol–water partition coefficient (Wildman–Crippen LogP) is 5.23. The maximum absolute atomic E-state index is 4.81. The zero-order valence-electron chi connectivity index (χ0n) is 18.9. The molecule has 0 amide bonds. The second-order valence-electron chi connectivity index (χ2n) is 9.64. The van der Waals surface area contributed by atoms with Crippen molar-refractivity contribution < 1.29 is 0 Å². The van der Waals surface area contributed by atoms with Crippen LogP contribution in [0.2, 0.25) is 0 Å². The molecule has 1 heterocycles. The van der Waals surface area contributed by atoms with Crippen LogP contribution in [0.5, 0.6) is 0 Å². The molecule has 2 aromatic rings. The van der Waals surface area contributed by atoms with E-state index in [0.29, 0.717) is 6.04 Å². The van der Waals surface area contributed by atoms with Gasteiger partial charge in [-0.2, -0.15) is 4.98 Å². The third-order valence-corrected chi connectivity index (χ3v) is 7.07. The summed E-state index contributed by atoms with van der Waals surface area (Å²) in [4.78, 5) is 11.7. The third kappa shape index (κ3) is 5.63. The Kier molecular flexibility index (Phi) is 7.42. The molecule has 164 valence electrons. The Labute approximate surface area is 182 Å². The third-order valence-electron chi connectivity index (χ3n) is 7.07. The van der Waals surface area contributed by atoms with Gasteiger partial charge in [0, 0.05) is 25.5 Å². The van der Waals surface area contributed by atoms with Crippen molar-refractivity contribution in [3.05, 3.63) is 24.3 Å². The number of anilines is 2. The molecule has 4 rings (SSSR count). The van der Waals surface area contributed by atoms with Crippen molar-refractivity contribution in [2.24, 2.45) is 11.8 Å². The summed E-state index contributed by atoms with van der Waals surface area (Å²) in [6, 6.07) is 8.76. The van der Waals surface area contributed by atoms with E-state index in [1.54, 1.807) is 0 Å². The van der Waals surface area contributed by atoms with E-state index in [2.05, 4.69) is 33.7 Å². The summed E-state index contributed by atoms with van der Waals surface area (Å²) in [7, 11) is 4.09. The van der Waals surface area contributed by atoms with Gasteiger partial charge in [0.25, 0.3) is 0 Å². The van der Waals surface area contributed by atoms with Crippen molar-refractivity contribution in [3.8, 4) is 0 Å². The first-order chi connectivity index (χ1) is 14.7. The van der Waals surface area contributed by atoms with Crippen molar-refractivity contribution in [1.29, 1.82) is 0 Å². The Hall–Kier alpha value is -1.88. The molecule has 0 radical (unpaired) electrons. The number of fused-ring (bicyclic) bond motifs is 1. The van der Waals surface area contributed by atoms with Crippen LogP contribution in [-0.4, -0.2) is 43.2 Å². The molecule has 5 heteroatoms. The molecule has 2 aliphatic carbocycles. The zero-order valence-corrected chi connectivity index (χ0v) is 18.9. The standard InChI is InChI=1S/C25H39N5/c1-30(2)24-22-10-6-7-11-23(22)28-25(29-24)27-21-14-12-20(13-15-21)18-26-17-16-19-8-4-3-5-9-19/h6-7,10-11,19-21,26H,3-5,8-9,12-18H2,1-2H3,(H,27,28,29). The number of hydrogen-bond acceptors (Lipinski definition) is 5. The van der Waals surface area contributed by atoms with Gasteiger partial charge in [-0.15, -0.1) is 0 Å². The Morgan fingerprint density at radius 2 is 1.67 bits per heavy atom. The van der Waals surface area contributed by atoms with Gasteiger partial charge < -0.3 is 15.5 Å². The number of benzene rings is 1. The molecule has 5 nitrogen and oxygen atoms in total. The molecule has 0 unspecified atom stereocenters. The van der Waals surface area contributed by atoms with E-state index in [4.69, 9.17) is 9.97 Å². The predicted molar refractivity (Wildman–Crippen MR) is 127 cm³/mol. The van der Waals surface area contributed by atoms with E-state index in [0.717, 1.165) is 34.5 Å². The van der Waals surface area contributed by atoms with Gasteiger partial charge in [-0.25, -0.2) is 4.98 Å². The van der Waals surface area contributed by atoms with Crippen molar-refractivity contribution >= 4 is 22.7 Å². The highest BCUT2D eigenvalue weighted by Crippen LogP contribution is 2.29. The van der Waals surface area contributed by atoms with Crippen LogP contribution in [0.3, 0.4) is 0 Å². The fourth-order valence-corrected chi connectivity index (χ4v) is 5.25. The largest absolute Gasteiger partial charge is 0.362 e. The monoisotopic (exact) mass is 409 g/mol. The second kappa shape index (κ2) is 10.4. The molecule has 0 aliphatic heterocycles. The van der Waals surface area contributed by atoms with Gasteiger partial charge in [0.1, 0.15) is 5.82 Å². The van der Waals surface area contributed by atoms with Crippen LogP contribution in [0.1, 0.15) is 64.2 Å². The molecular formula is C25H39N5. The van der Waals surface area contributed by atoms with Crippen LogP contribution in [-0.2, 0) is 0 Å². The van der Waals surface area contributed by atoms with Gasteiger partial charge in [-0.3, -0.25) is 0 Å². The lowest BCUT2D eigenvalue weighted by Gasteiger charge is -2.30. The molecule has 1 aromatic heterocycles. The quantitative estimate of drug-likeness (QED) is 0.585. The lowest BCUT2D eigenvalue weighted by molar-refractivity contribution is 0.305. The van der Waals surface area contributed by atoms with E-state index in [9.17, 15) is 0 Å². The molecule has 0 atom stereocenters. The average molecular weight is 410 g/mol. The Bertz CT molecular complexity index is 791. The van der Waals surface area contributed by atoms with Gasteiger partial charge in [-0.1, -0.05) is 44.2 Å². The van der Waals surface area contributed by atoms with Gasteiger partial charge in [-0.05, 0) is 69.2 Å². The van der Waals surface area contributed by atoms with E-state index in [1.165, 1.54) is 77.3 Å². The summed E-state index contributed by atoms with van der Waals surface area (Å²) in [6.45, 7) is 2.40. The summed E-state index contributed by atoms with van der Waals surface area (Å²) >= 11 is 0. The van der Waals surface area contributed by atoms with Crippen molar-refractivity contribution in [2.75, 3.05) is 37.4 Å². The van der Waals surface area contributed by atoms with Gasteiger partial charge in [0.15, 0.2) is 0 Å². The molecule has 30 heavy (non-hydrogen) atoms. The molecule has 0 bridgehead atoms. The topological polar surface area (TPSA) is 53.1 Å². The molecule has 2 saturated carbocycles. The van der Waals surface area contributed by atoms with Gasteiger partial charge in [0.2, 0.25) is 5.95 Å². The number of aromatic nitrogens is 2. The summed E-state index contributed by atoms with van der Waals surface area (Å²) in [5.41, 5.74) is 1.01. The highest BCUT2D eigenvalue weighted by molar-refractivity contribution is 5.90. The van der Waals surface area contributed by atoms with Gasteiger partial charge in [0.05, 0.1) is 5.52 Å². The normalized spacial score (nSPS) is 22.9. The lowest BCUT2D eigenvalue weighted by atomic mass is 9.85. The molecule has 2 fully saturated rings. The Balaban J connectivity index is 1.23. The van der Waals surface area contributed by atoms with Gasteiger partial charge >= 0.3 is 0 Å². The zero-order chi connectivity index (χ0) is 20.8. The van der Waals surface area contributed by atoms with Crippen molar-refractivity contribution in [3.63, 3.8) is 0 Å². The minimum absolute atomic E-state index is 0.486. The van der Waals surface area contributed by atoms with Crippen LogP contribution in [0.25, 0.3) is 10.9 Å². The second-order valence-corrected chi connectivity index (χ2v) is 9.64. The van der Waals surface area contributed by atoms with E-state index < -0.39 is 0 Å². The van der Waals surface area contributed by atoms with E-state index in [-0.39, 0.29) is 0 Å². The lowest BCUT2D eigenvalue weighted by Crippen LogP contribution is -2.32. The smallest absolute Gasteiger partial charge is 0.225 e. The molecule has 0 saturated heterocycles.